The molecular formula is C18H21NO. The molecular weight excluding hydrogens is 246 g/mol. The second-order valence-corrected chi connectivity index (χ2v) is 4.56. The minimum atomic E-state index is 0.882. The zero-order valence-electron chi connectivity index (χ0n) is 12.3. The molecule has 0 aliphatic heterocycles. The van der Waals surface area contributed by atoms with Gasteiger partial charge in [-0.3, -0.25) is 0 Å². The number of aromatic amines is 1. The predicted molar refractivity (Wildman–Crippen MR) is 85.9 cm³/mol. The van der Waals surface area contributed by atoms with Gasteiger partial charge in [-0.15, -0.1) is 0 Å². The lowest BCUT2D eigenvalue weighted by Crippen LogP contribution is -1.86. The van der Waals surface area contributed by atoms with Crippen molar-refractivity contribution >= 4 is 5.57 Å². The molecule has 2 nitrogen and oxygen atoms in total. The van der Waals surface area contributed by atoms with Crippen molar-refractivity contribution in [3.8, 4) is 17.0 Å². The van der Waals surface area contributed by atoms with Gasteiger partial charge < -0.3 is 9.72 Å². The first-order valence-electron chi connectivity index (χ1n) is 6.95. The second-order valence-electron chi connectivity index (χ2n) is 4.56. The highest BCUT2D eigenvalue weighted by molar-refractivity contribution is 5.78. The number of hydrogen-bond acceptors (Lipinski definition) is 1. The molecule has 1 N–H and O–H groups in total. The van der Waals surface area contributed by atoms with Crippen LogP contribution in [0.3, 0.4) is 0 Å². The van der Waals surface area contributed by atoms with E-state index in [0.717, 1.165) is 23.4 Å². The number of para-hydroxylation sites is 1. The lowest BCUT2D eigenvalue weighted by Gasteiger charge is -2.05. The number of ether oxygens (including phenoxy) is 1. The van der Waals surface area contributed by atoms with E-state index < -0.39 is 0 Å². The molecule has 0 saturated carbocycles. The van der Waals surface area contributed by atoms with Crippen molar-refractivity contribution in [1.82, 2.24) is 4.98 Å². The maximum atomic E-state index is 5.41. The molecule has 20 heavy (non-hydrogen) atoms. The quantitative estimate of drug-likeness (QED) is 0.752. The number of nitrogens with one attached hydrogen (secondary N) is 1. The van der Waals surface area contributed by atoms with Crippen LogP contribution in [0.1, 0.15) is 25.8 Å². The molecule has 1 heterocycles. The number of H-pyrrole nitrogens is 1. The van der Waals surface area contributed by atoms with E-state index in [-0.39, 0.29) is 0 Å². The molecule has 0 amide bonds. The van der Waals surface area contributed by atoms with Crippen molar-refractivity contribution in [2.24, 2.45) is 0 Å². The van der Waals surface area contributed by atoms with E-state index in [2.05, 4.69) is 49.2 Å². The second kappa shape index (κ2) is 6.80. The summed E-state index contributed by atoms with van der Waals surface area (Å²) in [6.07, 6.45) is 9.54. The third kappa shape index (κ3) is 3.02. The minimum absolute atomic E-state index is 0.882. The fourth-order valence-electron chi connectivity index (χ4n) is 2.19. The van der Waals surface area contributed by atoms with E-state index in [1.807, 2.05) is 24.4 Å². The molecule has 0 bridgehead atoms. The van der Waals surface area contributed by atoms with Crippen molar-refractivity contribution in [3.05, 3.63) is 60.3 Å². The molecule has 0 aliphatic rings. The average Bonchev–Trinajstić information content (AvgIpc) is 2.97. The summed E-state index contributed by atoms with van der Waals surface area (Å²) in [5, 5.41) is 0. The molecule has 0 spiro atoms. The van der Waals surface area contributed by atoms with E-state index in [0.29, 0.717) is 0 Å². The van der Waals surface area contributed by atoms with Gasteiger partial charge in [-0.25, -0.2) is 0 Å². The van der Waals surface area contributed by atoms with Crippen LogP contribution < -0.4 is 4.74 Å². The fraction of sp³-hybridized carbons (Fsp3) is 0.222. The van der Waals surface area contributed by atoms with Gasteiger partial charge in [0.15, 0.2) is 0 Å². The lowest BCUT2D eigenvalue weighted by molar-refractivity contribution is 0.416. The summed E-state index contributed by atoms with van der Waals surface area (Å²) in [5.41, 5.74) is 4.57. The Kier molecular flexibility index (Phi) is 4.83. The van der Waals surface area contributed by atoms with Gasteiger partial charge in [0.2, 0.25) is 0 Å². The molecule has 0 radical (unpaired) electrons. The van der Waals surface area contributed by atoms with E-state index in [9.17, 15) is 0 Å². The Labute approximate surface area is 120 Å². The predicted octanol–water partition coefficient (Wildman–Crippen LogP) is 5.06. The third-order valence-electron chi connectivity index (χ3n) is 3.26. The first-order valence-corrected chi connectivity index (χ1v) is 6.95. The number of rotatable bonds is 5. The molecule has 104 valence electrons. The minimum Gasteiger partial charge on any atom is -0.496 e. The summed E-state index contributed by atoms with van der Waals surface area (Å²) >= 11 is 0. The van der Waals surface area contributed by atoms with Gasteiger partial charge in [-0.1, -0.05) is 37.3 Å². The average molecular weight is 267 g/mol. The van der Waals surface area contributed by atoms with Crippen LogP contribution in [0.25, 0.3) is 16.8 Å². The molecule has 2 heteroatoms. The monoisotopic (exact) mass is 267 g/mol. The van der Waals surface area contributed by atoms with Crippen LogP contribution in [0.2, 0.25) is 0 Å². The summed E-state index contributed by atoms with van der Waals surface area (Å²) < 4.78 is 5.41. The van der Waals surface area contributed by atoms with Crippen LogP contribution in [0.15, 0.2) is 54.8 Å². The van der Waals surface area contributed by atoms with Gasteiger partial charge in [0, 0.05) is 17.5 Å². The van der Waals surface area contributed by atoms with Gasteiger partial charge in [-0.05, 0) is 42.7 Å². The van der Waals surface area contributed by atoms with Crippen molar-refractivity contribution in [2.75, 3.05) is 7.11 Å². The van der Waals surface area contributed by atoms with Crippen molar-refractivity contribution in [3.63, 3.8) is 0 Å². The third-order valence-corrected chi connectivity index (χ3v) is 3.26. The van der Waals surface area contributed by atoms with E-state index in [1.54, 1.807) is 7.11 Å². The van der Waals surface area contributed by atoms with Gasteiger partial charge in [0.05, 0.1) is 7.11 Å². The standard InChI is InChI=1S/C18H21NO/c1-4-6-9-14(5-2)15-12-17(19-13-15)16-10-7-8-11-18(16)20-3/h5-13,19H,4H2,1-3H3/b9-6-,14-5+. The smallest absolute Gasteiger partial charge is 0.128 e. The highest BCUT2D eigenvalue weighted by Gasteiger charge is 2.08. The summed E-state index contributed by atoms with van der Waals surface area (Å²) in [5.74, 6) is 0.882. The van der Waals surface area contributed by atoms with Crippen LogP contribution in [-0.2, 0) is 0 Å². The van der Waals surface area contributed by atoms with Gasteiger partial charge >= 0.3 is 0 Å². The Morgan fingerprint density at radius 2 is 2.10 bits per heavy atom. The number of benzene rings is 1. The van der Waals surface area contributed by atoms with Crippen LogP contribution in [0, 0.1) is 0 Å². The molecule has 2 aromatic rings. The van der Waals surface area contributed by atoms with Gasteiger partial charge in [-0.2, -0.15) is 0 Å². The lowest BCUT2D eigenvalue weighted by atomic mass is 10.1. The molecule has 1 aromatic carbocycles. The van der Waals surface area contributed by atoms with E-state index in [1.165, 1.54) is 11.1 Å². The highest BCUT2D eigenvalue weighted by Crippen LogP contribution is 2.30. The normalized spacial score (nSPS) is 12.1. The Bertz CT molecular complexity index is 620. The SMILES string of the molecule is C/C=C(\C=C/CC)c1c[nH]c(-c2ccccc2OC)c1. The first kappa shape index (κ1) is 14.2. The topological polar surface area (TPSA) is 25.0 Å². The first-order chi connectivity index (χ1) is 9.80. The fourth-order valence-corrected chi connectivity index (χ4v) is 2.19. The number of hydrogen-bond donors (Lipinski definition) is 1. The largest absolute Gasteiger partial charge is 0.496 e. The van der Waals surface area contributed by atoms with Crippen LogP contribution >= 0.6 is 0 Å². The number of aromatic nitrogens is 1. The van der Waals surface area contributed by atoms with Gasteiger partial charge in [0.1, 0.15) is 5.75 Å². The Morgan fingerprint density at radius 1 is 1.30 bits per heavy atom. The summed E-state index contributed by atoms with van der Waals surface area (Å²) in [4.78, 5) is 3.33. The zero-order valence-corrected chi connectivity index (χ0v) is 12.3. The summed E-state index contributed by atoms with van der Waals surface area (Å²) in [7, 11) is 1.70. The molecule has 0 fully saturated rings. The summed E-state index contributed by atoms with van der Waals surface area (Å²) in [6.45, 7) is 4.20. The summed E-state index contributed by atoms with van der Waals surface area (Å²) in [6, 6.07) is 10.2. The molecule has 1 aromatic heterocycles. The van der Waals surface area contributed by atoms with Gasteiger partial charge in [0.25, 0.3) is 0 Å². The Balaban J connectivity index is 2.35. The van der Waals surface area contributed by atoms with Crippen LogP contribution in [0.4, 0.5) is 0 Å². The Morgan fingerprint density at radius 3 is 2.80 bits per heavy atom. The Hall–Kier alpha value is -2.22. The van der Waals surface area contributed by atoms with Crippen molar-refractivity contribution < 1.29 is 4.74 Å². The van der Waals surface area contributed by atoms with Crippen molar-refractivity contribution in [1.29, 1.82) is 0 Å². The zero-order chi connectivity index (χ0) is 14.4. The van der Waals surface area contributed by atoms with Crippen LogP contribution in [-0.4, -0.2) is 12.1 Å². The van der Waals surface area contributed by atoms with E-state index in [4.69, 9.17) is 4.74 Å². The van der Waals surface area contributed by atoms with Crippen LogP contribution in [0.5, 0.6) is 5.75 Å². The molecule has 2 rings (SSSR count). The molecule has 0 atom stereocenters. The number of methoxy groups -OCH3 is 1. The number of allylic oxidation sites excluding steroid dienone is 4. The highest BCUT2D eigenvalue weighted by atomic mass is 16.5. The molecule has 0 aliphatic carbocycles. The molecule has 0 unspecified atom stereocenters. The maximum absolute atomic E-state index is 5.41. The maximum Gasteiger partial charge on any atom is 0.128 e. The van der Waals surface area contributed by atoms with Crippen molar-refractivity contribution in [2.45, 2.75) is 20.3 Å². The molecule has 0 saturated heterocycles. The van der Waals surface area contributed by atoms with E-state index >= 15 is 0 Å².